The molecule has 0 unspecified atom stereocenters. The van der Waals surface area contributed by atoms with Crippen LogP contribution in [0.5, 0.6) is 57.5 Å². The van der Waals surface area contributed by atoms with Crippen LogP contribution in [0.15, 0.2) is 293 Å². The summed E-state index contributed by atoms with van der Waals surface area (Å²) in [5, 5.41) is 39.5. The minimum absolute atomic E-state index is 0.0150. The molecule has 794 valence electrons. The molecule has 0 aromatic heterocycles. The first-order chi connectivity index (χ1) is 70.7. The molecule has 12 aromatic rings. The number of carbonyl (C=O) groups excluding carboxylic acids is 1. The number of aryl methyl sites for hydroxylation is 3. The number of ether oxygens (including phenoxy) is 10. The van der Waals surface area contributed by atoms with Gasteiger partial charge in [-0.25, -0.2) is 4.79 Å². The summed E-state index contributed by atoms with van der Waals surface area (Å²) < 4.78 is 74.0. The molecular weight excluding hydrogens is 1970 g/mol. The van der Waals surface area contributed by atoms with Crippen LogP contribution in [0.2, 0.25) is 0 Å². The first-order valence-corrected chi connectivity index (χ1v) is 56.9. The number of anilines is 2. The molecule has 1 aliphatic carbocycles. The van der Waals surface area contributed by atoms with Crippen LogP contribution in [-0.4, -0.2) is 141 Å². The van der Waals surface area contributed by atoms with E-state index >= 15 is 0 Å². The maximum Gasteiger partial charge on any atom is 0.323 e. The number of hydrogen-bond donors (Lipinski definition) is 8. The monoisotopic (exact) mass is 2130 g/mol. The smallest absolute Gasteiger partial charge is 0.323 e. The van der Waals surface area contributed by atoms with Gasteiger partial charge in [0.2, 0.25) is 0 Å². The van der Waals surface area contributed by atoms with Gasteiger partial charge in [0.1, 0.15) is 63.6 Å². The van der Waals surface area contributed by atoms with Crippen LogP contribution >= 0.6 is 57.8 Å². The number of hydrogen-bond acceptors (Lipinski definition) is 17. The number of urea groups is 1. The van der Waals surface area contributed by atoms with Gasteiger partial charge in [0, 0.05) is 71.9 Å². The number of thiocarbonyl (C=S) groups is 3. The molecular formula is C121H156N11O11P3S3. The fourth-order valence-electron chi connectivity index (χ4n) is 17.2. The van der Waals surface area contributed by atoms with Crippen LogP contribution in [-0.2, 0) is 6.42 Å². The van der Waals surface area contributed by atoms with Gasteiger partial charge < -0.3 is 89.9 Å². The third-order valence-corrected chi connectivity index (χ3v) is 39.3. The van der Waals surface area contributed by atoms with Gasteiger partial charge in [-0.1, -0.05) is 140 Å². The van der Waals surface area contributed by atoms with Crippen molar-refractivity contribution >= 4 is 138 Å². The predicted molar refractivity (Wildman–Crippen MR) is 638 cm³/mol. The number of rotatable bonds is 34. The summed E-state index contributed by atoms with van der Waals surface area (Å²) in [5.41, 5.74) is 6.36. The Labute approximate surface area is 903 Å². The number of carbonyl (C=O) groups is 1. The molecule has 0 fully saturated rings. The van der Waals surface area contributed by atoms with E-state index in [-0.39, 0.29) is 75.5 Å². The van der Waals surface area contributed by atoms with Crippen molar-refractivity contribution in [2.75, 3.05) is 94.3 Å². The van der Waals surface area contributed by atoms with Crippen molar-refractivity contribution in [1.29, 1.82) is 0 Å². The highest BCUT2D eigenvalue weighted by Crippen LogP contribution is 2.52. The lowest BCUT2D eigenvalue weighted by atomic mass is 9.86. The largest absolute Gasteiger partial charge is 0.497 e. The van der Waals surface area contributed by atoms with Crippen LogP contribution in [0, 0.1) is 47.8 Å². The number of amides is 2. The molecule has 8 N–H and O–H groups in total. The zero-order chi connectivity index (χ0) is 109. The van der Waals surface area contributed by atoms with Gasteiger partial charge in [-0.2, -0.15) is 0 Å². The van der Waals surface area contributed by atoms with E-state index in [1.54, 1.807) is 64.0 Å². The Kier molecular flexibility index (Phi) is 40.8. The summed E-state index contributed by atoms with van der Waals surface area (Å²) in [6.07, 6.45) is 0.310. The first-order valence-electron chi connectivity index (χ1n) is 50.5. The number of nitrogens with one attached hydrogen (secondary N) is 8. The molecule has 13 rings (SSSR count). The lowest BCUT2D eigenvalue weighted by Gasteiger charge is -2.36. The van der Waals surface area contributed by atoms with Crippen LogP contribution < -0.4 is 138 Å². The molecule has 0 heterocycles. The Hall–Kier alpha value is -12.3. The van der Waals surface area contributed by atoms with Crippen molar-refractivity contribution in [1.82, 2.24) is 31.9 Å². The summed E-state index contributed by atoms with van der Waals surface area (Å²) in [7, 11) is 7.45. The molecule has 0 saturated carbocycles. The SMILES string of the molecule is COc1ccc(P(=NC[C@@H](NC(=S)N[C@@H](C)C(C)(C)C)C(C)(C)C)(c2ccc(OC)cc2)c2ccc(OC)cc2)cc1.COc1ccc(P(=NC[C@@H](NC(=S)N[C@H](C)C(C)(C)C)C(C)(C)C)(c2ccc(OC)cc2)c2ccc(OC)cc2)cc1.COc1ccc(P(=NC[C@H](NC(=S)N[C@@H]2c3ccccc3C[C@H]2Oc2ccc(C)cc2NC(=O)Nc2cc(C)cc(C)c2)C(C)(C)C)(c2ccc(OC)cc2)c2ccc(OC)cc2)cc1. The van der Waals surface area contributed by atoms with Gasteiger partial charge in [-0.15, -0.1) is 0 Å². The highest BCUT2D eigenvalue weighted by atomic mass is 32.1. The maximum atomic E-state index is 13.4. The summed E-state index contributed by atoms with van der Waals surface area (Å²) in [4.78, 5) is 13.4. The molecule has 7 atom stereocenters. The second-order valence-electron chi connectivity index (χ2n) is 42.9. The second kappa shape index (κ2) is 51.9. The van der Waals surface area contributed by atoms with E-state index in [0.29, 0.717) is 52.8 Å². The van der Waals surface area contributed by atoms with Crippen molar-refractivity contribution in [2.24, 2.45) is 41.3 Å². The Bertz CT molecular complexity index is 6030. The van der Waals surface area contributed by atoms with Crippen molar-refractivity contribution in [2.45, 2.75) is 187 Å². The normalized spacial score (nSPS) is 14.1. The average Bonchev–Trinajstić information content (AvgIpc) is 1.73. The van der Waals surface area contributed by atoms with Crippen molar-refractivity contribution in [3.8, 4) is 57.5 Å². The Morgan fingerprint density at radius 1 is 0.322 bits per heavy atom. The molecule has 22 nitrogen and oxygen atoms in total. The fraction of sp³-hybridized carbons (Fsp3) is 0.372. The van der Waals surface area contributed by atoms with E-state index in [2.05, 4.69) is 288 Å². The lowest BCUT2D eigenvalue weighted by Crippen LogP contribution is -2.53. The fourth-order valence-corrected chi connectivity index (χ4v) is 28.7. The highest BCUT2D eigenvalue weighted by Gasteiger charge is 2.40. The number of fused-ring (bicyclic) bond motifs is 1. The lowest BCUT2D eigenvalue weighted by molar-refractivity contribution is 0.176. The standard InChI is InChI=1S/C53H60N5O5PS.2C34H48N3O3PS/c1-34-14-27-47(46(31-34)56-51(59)55-38-29-35(2)28-36(3)30-38)63-48-32-37-12-10-11-13-45(37)50(48)58-52(65)57-49(53(4,5)6)33-54-64(42-21-15-39(60-7)16-22-42,43-23-17-40(61-8)18-24-43)44-25-19-41(62-9)20-26-44;2*1-24(33(2,3)4)36-32(42)37-31(34(5,6)7)23-35-41(28-17-11-25(38-8)12-18-28,29-19-13-26(39-9)14-20-29)30-21-15-27(40-10)16-22-30/h10-31,48-50H,32-33H2,1-9H3,(H2,55,56,59)(H2,57,58,65);2*11-22,24,31H,23H2,1-10H3,(H2,36,37,42)/t48-,49+,50-;24-,31+;24-,31-/m101/s1. The van der Waals surface area contributed by atoms with E-state index in [4.69, 9.17) is 98.3 Å². The van der Waals surface area contributed by atoms with Crippen LogP contribution in [0.1, 0.15) is 152 Å². The number of methoxy groups -OCH3 is 9. The van der Waals surface area contributed by atoms with Crippen molar-refractivity contribution in [3.05, 3.63) is 307 Å². The third kappa shape index (κ3) is 30.6. The number of benzene rings is 12. The molecule has 28 heteroatoms. The summed E-state index contributed by atoms with van der Waals surface area (Å²) in [6.45, 7) is 45.1. The van der Waals surface area contributed by atoms with E-state index in [1.165, 1.54) is 5.56 Å². The Morgan fingerprint density at radius 2 is 0.584 bits per heavy atom. The minimum Gasteiger partial charge on any atom is -0.497 e. The van der Waals surface area contributed by atoms with Gasteiger partial charge >= 0.3 is 6.03 Å². The highest BCUT2D eigenvalue weighted by molar-refractivity contribution is 7.88. The van der Waals surface area contributed by atoms with Crippen molar-refractivity contribution in [3.63, 3.8) is 0 Å². The third-order valence-electron chi connectivity index (χ3n) is 27.4. The minimum atomic E-state index is -2.68. The van der Waals surface area contributed by atoms with E-state index in [9.17, 15) is 4.79 Å². The summed E-state index contributed by atoms with van der Waals surface area (Å²) >= 11 is 17.9. The summed E-state index contributed by atoms with van der Waals surface area (Å²) in [5.74, 6) is 7.71. The maximum absolute atomic E-state index is 13.4. The van der Waals surface area contributed by atoms with Crippen molar-refractivity contribution < 1.29 is 52.2 Å². The van der Waals surface area contributed by atoms with Gasteiger partial charge in [-0.05, 0) is 369 Å². The molecule has 12 aromatic carbocycles. The molecule has 0 aliphatic heterocycles. The van der Waals surface area contributed by atoms with E-state index in [1.807, 2.05) is 172 Å². The molecule has 2 amide bonds. The Morgan fingerprint density at radius 3 is 0.839 bits per heavy atom. The first kappa shape index (κ1) is 117. The van der Waals surface area contributed by atoms with Gasteiger partial charge in [-0.3, -0.25) is 14.2 Å². The van der Waals surface area contributed by atoms with Crippen LogP contribution in [0.3, 0.4) is 0 Å². The number of nitrogens with zero attached hydrogens (tertiary/aromatic N) is 3. The second-order valence-corrected chi connectivity index (χ2v) is 53.5. The molecule has 0 bridgehead atoms. The average molecular weight is 2130 g/mol. The van der Waals surface area contributed by atoms with Gasteiger partial charge in [0.25, 0.3) is 0 Å². The zero-order valence-corrected chi connectivity index (χ0v) is 97.5. The quantitative estimate of drug-likeness (QED) is 0.0138. The van der Waals surface area contributed by atoms with E-state index in [0.717, 1.165) is 127 Å². The summed E-state index contributed by atoms with van der Waals surface area (Å²) in [6, 6.07) is 94.3. The molecule has 0 spiro atoms. The molecule has 0 saturated heterocycles. The van der Waals surface area contributed by atoms with Crippen LogP contribution in [0.4, 0.5) is 16.2 Å². The predicted octanol–water partition coefficient (Wildman–Crippen LogP) is 23.4. The Balaban J connectivity index is 0.000000221. The molecule has 149 heavy (non-hydrogen) atoms. The van der Waals surface area contributed by atoms with E-state index < -0.39 is 21.2 Å². The topological polar surface area (TPSA) is 243 Å². The van der Waals surface area contributed by atoms with Gasteiger partial charge in [0.15, 0.2) is 15.3 Å². The molecule has 0 radical (unpaired) electrons. The van der Waals surface area contributed by atoms with Crippen LogP contribution in [0.25, 0.3) is 0 Å². The molecule has 1 aliphatic rings. The van der Waals surface area contributed by atoms with Gasteiger partial charge in [0.05, 0.1) is 135 Å². The zero-order valence-electron chi connectivity index (χ0n) is 92.3.